The summed E-state index contributed by atoms with van der Waals surface area (Å²) in [4.78, 5) is 26.7. The normalized spacial score (nSPS) is 25.0. The minimum atomic E-state index is -0.152. The summed E-state index contributed by atoms with van der Waals surface area (Å²) >= 11 is 0. The van der Waals surface area contributed by atoms with E-state index in [0.29, 0.717) is 24.3 Å². The second-order valence-electron chi connectivity index (χ2n) is 7.87. The van der Waals surface area contributed by atoms with Crippen LogP contribution in [0.2, 0.25) is 0 Å². The molecule has 0 spiro atoms. The summed E-state index contributed by atoms with van der Waals surface area (Å²) in [7, 11) is 0. The predicted molar refractivity (Wildman–Crippen MR) is 99.9 cm³/mol. The number of nitrogens with zero attached hydrogens (tertiary/aromatic N) is 1. The number of likely N-dealkylation sites (tertiary alicyclic amines) is 1. The average molecular weight is 361 g/mol. The molecule has 6 nitrogen and oxygen atoms in total. The molecule has 26 heavy (non-hydrogen) atoms. The molecule has 2 atom stereocenters. The van der Waals surface area contributed by atoms with Crippen LogP contribution in [0.1, 0.15) is 61.8 Å². The van der Waals surface area contributed by atoms with Crippen LogP contribution in [0.15, 0.2) is 16.5 Å². The van der Waals surface area contributed by atoms with Crippen molar-refractivity contribution in [2.45, 2.75) is 64.5 Å². The third kappa shape index (κ3) is 5.10. The number of hydrogen-bond donors (Lipinski definition) is 2. The van der Waals surface area contributed by atoms with Crippen LogP contribution in [0.5, 0.6) is 0 Å². The van der Waals surface area contributed by atoms with Crippen LogP contribution in [0.3, 0.4) is 0 Å². The number of piperidine rings is 1. The SMILES string of the molecule is Cc1ccc(C(=O)NC2CCN(CC(=O)N[C@@H]3CCCC[C@@H]3C)CC2)o1. The summed E-state index contributed by atoms with van der Waals surface area (Å²) in [5.74, 6) is 1.67. The number of carbonyl (C=O) groups is 2. The molecule has 1 saturated heterocycles. The molecule has 2 N–H and O–H groups in total. The first-order valence-corrected chi connectivity index (χ1v) is 9.90. The lowest BCUT2D eigenvalue weighted by molar-refractivity contribution is -0.123. The van der Waals surface area contributed by atoms with Crippen molar-refractivity contribution < 1.29 is 14.0 Å². The molecule has 1 aliphatic heterocycles. The third-order valence-electron chi connectivity index (χ3n) is 5.71. The number of carbonyl (C=O) groups excluding carboxylic acids is 2. The highest BCUT2D eigenvalue weighted by Crippen LogP contribution is 2.23. The molecule has 0 radical (unpaired) electrons. The molecule has 2 heterocycles. The maximum Gasteiger partial charge on any atom is 0.287 e. The number of furan rings is 1. The van der Waals surface area contributed by atoms with Gasteiger partial charge < -0.3 is 15.1 Å². The minimum absolute atomic E-state index is 0.136. The maximum atomic E-state index is 12.3. The zero-order valence-electron chi connectivity index (χ0n) is 15.9. The first-order chi connectivity index (χ1) is 12.5. The van der Waals surface area contributed by atoms with Crippen molar-refractivity contribution >= 4 is 11.8 Å². The average Bonchev–Trinajstić information content (AvgIpc) is 3.05. The lowest BCUT2D eigenvalue weighted by Crippen LogP contribution is -2.49. The lowest BCUT2D eigenvalue weighted by atomic mass is 9.86. The van der Waals surface area contributed by atoms with Gasteiger partial charge in [-0.3, -0.25) is 14.5 Å². The largest absolute Gasteiger partial charge is 0.456 e. The van der Waals surface area contributed by atoms with E-state index in [1.54, 1.807) is 12.1 Å². The van der Waals surface area contributed by atoms with E-state index in [1.807, 2.05) is 6.92 Å². The second-order valence-corrected chi connectivity index (χ2v) is 7.87. The van der Waals surface area contributed by atoms with Crippen molar-refractivity contribution in [3.8, 4) is 0 Å². The molecule has 0 bridgehead atoms. The van der Waals surface area contributed by atoms with Gasteiger partial charge in [0.2, 0.25) is 5.91 Å². The fraction of sp³-hybridized carbons (Fsp3) is 0.700. The van der Waals surface area contributed by atoms with Gasteiger partial charge in [0.1, 0.15) is 5.76 Å². The Balaban J connectivity index is 1.38. The molecule has 1 aromatic rings. The molecule has 0 unspecified atom stereocenters. The van der Waals surface area contributed by atoms with Crippen molar-refractivity contribution in [1.29, 1.82) is 0 Å². The molecular formula is C20H31N3O3. The standard InChI is InChI=1S/C20H31N3O3/c1-14-5-3-4-6-17(14)22-19(24)13-23-11-9-16(10-12-23)21-20(25)18-8-7-15(2)26-18/h7-8,14,16-17H,3-6,9-13H2,1-2H3,(H,21,25)(H,22,24)/t14-,17+/m0/s1. The fourth-order valence-electron chi connectivity index (χ4n) is 4.03. The van der Waals surface area contributed by atoms with Crippen LogP contribution in [0, 0.1) is 12.8 Å². The molecule has 1 aromatic heterocycles. The van der Waals surface area contributed by atoms with Crippen molar-refractivity contribution in [3.63, 3.8) is 0 Å². The van der Waals surface area contributed by atoms with Crippen molar-refractivity contribution in [3.05, 3.63) is 23.7 Å². The predicted octanol–water partition coefficient (Wildman–Crippen LogP) is 2.48. The van der Waals surface area contributed by atoms with Gasteiger partial charge in [0.25, 0.3) is 5.91 Å². The summed E-state index contributed by atoms with van der Waals surface area (Å²) < 4.78 is 5.37. The van der Waals surface area contributed by atoms with Crippen LogP contribution >= 0.6 is 0 Å². The van der Waals surface area contributed by atoms with Gasteiger partial charge in [-0.15, -0.1) is 0 Å². The van der Waals surface area contributed by atoms with Gasteiger partial charge in [0, 0.05) is 25.2 Å². The van der Waals surface area contributed by atoms with E-state index in [9.17, 15) is 9.59 Å². The quantitative estimate of drug-likeness (QED) is 0.845. The van der Waals surface area contributed by atoms with Crippen LogP contribution < -0.4 is 10.6 Å². The molecule has 2 fully saturated rings. The van der Waals surface area contributed by atoms with Gasteiger partial charge in [-0.2, -0.15) is 0 Å². The van der Waals surface area contributed by atoms with Gasteiger partial charge in [-0.1, -0.05) is 19.8 Å². The Hall–Kier alpha value is -1.82. The van der Waals surface area contributed by atoms with E-state index in [1.165, 1.54) is 19.3 Å². The van der Waals surface area contributed by atoms with E-state index in [2.05, 4.69) is 22.5 Å². The first-order valence-electron chi connectivity index (χ1n) is 9.90. The van der Waals surface area contributed by atoms with Gasteiger partial charge in [-0.25, -0.2) is 0 Å². The number of nitrogens with one attached hydrogen (secondary N) is 2. The van der Waals surface area contributed by atoms with Crippen LogP contribution in [-0.4, -0.2) is 48.4 Å². The molecular weight excluding hydrogens is 330 g/mol. The molecule has 1 aliphatic carbocycles. The molecule has 2 aliphatic rings. The molecule has 144 valence electrons. The molecule has 3 rings (SSSR count). The Labute approximate surface area is 155 Å². The second kappa shape index (κ2) is 8.71. The topological polar surface area (TPSA) is 74.6 Å². The summed E-state index contributed by atoms with van der Waals surface area (Å²) in [6.07, 6.45) is 6.54. The highest BCUT2D eigenvalue weighted by Gasteiger charge is 2.26. The summed E-state index contributed by atoms with van der Waals surface area (Å²) in [6, 6.07) is 3.98. The number of amides is 2. The highest BCUT2D eigenvalue weighted by atomic mass is 16.3. The Morgan fingerprint density at radius 2 is 1.85 bits per heavy atom. The maximum absolute atomic E-state index is 12.3. The van der Waals surface area contributed by atoms with E-state index >= 15 is 0 Å². The van der Waals surface area contributed by atoms with Gasteiger partial charge >= 0.3 is 0 Å². The van der Waals surface area contributed by atoms with E-state index < -0.39 is 0 Å². The number of hydrogen-bond acceptors (Lipinski definition) is 4. The van der Waals surface area contributed by atoms with Crippen LogP contribution in [0.4, 0.5) is 0 Å². The van der Waals surface area contributed by atoms with E-state index in [4.69, 9.17) is 4.42 Å². The first kappa shape index (κ1) is 19.0. The van der Waals surface area contributed by atoms with Crippen LogP contribution in [-0.2, 0) is 4.79 Å². The van der Waals surface area contributed by atoms with Crippen LogP contribution in [0.25, 0.3) is 0 Å². The zero-order valence-corrected chi connectivity index (χ0v) is 15.9. The summed E-state index contributed by atoms with van der Waals surface area (Å²) in [6.45, 7) is 6.18. The van der Waals surface area contributed by atoms with Crippen molar-refractivity contribution in [1.82, 2.24) is 15.5 Å². The van der Waals surface area contributed by atoms with Gasteiger partial charge in [-0.05, 0) is 50.7 Å². The number of rotatable bonds is 5. The highest BCUT2D eigenvalue weighted by molar-refractivity contribution is 5.91. The Morgan fingerprint density at radius 3 is 2.50 bits per heavy atom. The molecule has 1 saturated carbocycles. The van der Waals surface area contributed by atoms with Crippen molar-refractivity contribution in [2.75, 3.05) is 19.6 Å². The molecule has 0 aromatic carbocycles. The van der Waals surface area contributed by atoms with E-state index in [-0.39, 0.29) is 17.9 Å². The Kier molecular flexibility index (Phi) is 6.35. The third-order valence-corrected chi connectivity index (χ3v) is 5.71. The van der Waals surface area contributed by atoms with E-state index in [0.717, 1.165) is 38.1 Å². The zero-order chi connectivity index (χ0) is 18.5. The van der Waals surface area contributed by atoms with Gasteiger partial charge in [0.05, 0.1) is 6.54 Å². The monoisotopic (exact) mass is 361 g/mol. The lowest BCUT2D eigenvalue weighted by Gasteiger charge is -2.33. The molecule has 6 heteroatoms. The fourth-order valence-corrected chi connectivity index (χ4v) is 4.03. The Bertz CT molecular complexity index is 620. The minimum Gasteiger partial charge on any atom is -0.456 e. The molecule has 2 amide bonds. The summed E-state index contributed by atoms with van der Waals surface area (Å²) in [5, 5.41) is 6.25. The Morgan fingerprint density at radius 1 is 1.12 bits per heavy atom. The van der Waals surface area contributed by atoms with Crippen molar-refractivity contribution in [2.24, 2.45) is 5.92 Å². The van der Waals surface area contributed by atoms with Gasteiger partial charge in [0.15, 0.2) is 5.76 Å². The number of aryl methyl sites for hydroxylation is 1. The summed E-state index contributed by atoms with van der Waals surface area (Å²) in [5.41, 5.74) is 0. The smallest absolute Gasteiger partial charge is 0.287 e.